The number of hydrogen-bond donors (Lipinski definition) is 1. The summed E-state index contributed by atoms with van der Waals surface area (Å²) < 4.78 is 0. The van der Waals surface area contributed by atoms with Crippen LogP contribution >= 0.6 is 0 Å². The Morgan fingerprint density at radius 1 is 1.25 bits per heavy atom. The summed E-state index contributed by atoms with van der Waals surface area (Å²) >= 11 is 0. The van der Waals surface area contributed by atoms with Gasteiger partial charge in [-0.15, -0.1) is 0 Å². The molecule has 0 amide bonds. The summed E-state index contributed by atoms with van der Waals surface area (Å²) in [5.74, 6) is 0.892. The van der Waals surface area contributed by atoms with Crippen LogP contribution in [-0.2, 0) is 19.4 Å². The molecule has 24 heavy (non-hydrogen) atoms. The monoisotopic (exact) mass is 320 g/mol. The van der Waals surface area contributed by atoms with Crippen molar-refractivity contribution < 1.29 is 0 Å². The molecule has 3 aromatic heterocycles. The van der Waals surface area contributed by atoms with Crippen LogP contribution in [0.4, 0.5) is 0 Å². The number of rotatable bonds is 4. The molecule has 6 nitrogen and oxygen atoms in total. The van der Waals surface area contributed by atoms with Crippen molar-refractivity contribution in [1.82, 2.24) is 29.8 Å². The lowest BCUT2D eigenvalue weighted by atomic mass is 9.96. The molecule has 0 saturated carbocycles. The number of fused-ring (bicyclic) bond motifs is 1. The molecule has 1 N–H and O–H groups in total. The van der Waals surface area contributed by atoms with Gasteiger partial charge in [0.2, 0.25) is 0 Å². The highest BCUT2D eigenvalue weighted by atomic mass is 15.2. The van der Waals surface area contributed by atoms with E-state index in [-0.39, 0.29) is 6.04 Å². The highest BCUT2D eigenvalue weighted by Crippen LogP contribution is 2.33. The van der Waals surface area contributed by atoms with Crippen molar-refractivity contribution in [3.63, 3.8) is 0 Å². The zero-order valence-electron chi connectivity index (χ0n) is 13.7. The van der Waals surface area contributed by atoms with Gasteiger partial charge in [-0.25, -0.2) is 15.0 Å². The maximum atomic E-state index is 4.66. The second-order valence-electron chi connectivity index (χ2n) is 5.99. The molecular formula is C18H20N6. The molecule has 4 rings (SSSR count). The van der Waals surface area contributed by atoms with E-state index in [1.54, 1.807) is 12.5 Å². The number of nitrogens with zero attached hydrogens (tertiary/aromatic N) is 5. The standard InChI is InChI=1S/C18H20N6/c1-2-16-20-8-5-14(23-16)11-24-9-6-15-17(22-12-21-15)18(24)13-4-3-7-19-10-13/h3-5,7-8,10,12,18H,2,6,9,11H2,1H3,(H,21,22)/t18-/m1/s1. The molecule has 3 aromatic rings. The van der Waals surface area contributed by atoms with Crippen LogP contribution in [0.5, 0.6) is 0 Å². The van der Waals surface area contributed by atoms with Crippen LogP contribution in [0.2, 0.25) is 0 Å². The quantitative estimate of drug-likeness (QED) is 0.799. The summed E-state index contributed by atoms with van der Waals surface area (Å²) in [5.41, 5.74) is 4.53. The molecule has 0 aromatic carbocycles. The number of nitrogens with one attached hydrogen (secondary N) is 1. The van der Waals surface area contributed by atoms with Gasteiger partial charge in [-0.1, -0.05) is 13.0 Å². The largest absolute Gasteiger partial charge is 0.348 e. The van der Waals surface area contributed by atoms with E-state index in [2.05, 4.69) is 42.8 Å². The Labute approximate surface area is 141 Å². The van der Waals surface area contributed by atoms with E-state index in [1.807, 2.05) is 24.5 Å². The fourth-order valence-corrected chi connectivity index (χ4v) is 3.31. The van der Waals surface area contributed by atoms with Gasteiger partial charge in [-0.05, 0) is 17.7 Å². The second-order valence-corrected chi connectivity index (χ2v) is 5.99. The molecule has 1 aliphatic rings. The Morgan fingerprint density at radius 3 is 3.04 bits per heavy atom. The Kier molecular flexibility index (Phi) is 4.04. The molecule has 0 saturated heterocycles. The summed E-state index contributed by atoms with van der Waals surface area (Å²) in [5, 5.41) is 0. The smallest absolute Gasteiger partial charge is 0.128 e. The normalized spacial score (nSPS) is 17.6. The van der Waals surface area contributed by atoms with Crippen molar-refractivity contribution in [2.75, 3.05) is 6.54 Å². The molecule has 0 unspecified atom stereocenters. The van der Waals surface area contributed by atoms with E-state index in [9.17, 15) is 0 Å². The third-order valence-corrected chi connectivity index (χ3v) is 4.47. The first-order valence-corrected chi connectivity index (χ1v) is 8.32. The molecule has 122 valence electrons. The number of H-pyrrole nitrogens is 1. The maximum absolute atomic E-state index is 4.66. The van der Waals surface area contributed by atoms with Gasteiger partial charge < -0.3 is 4.98 Å². The molecule has 6 heteroatoms. The minimum atomic E-state index is 0.105. The third-order valence-electron chi connectivity index (χ3n) is 4.47. The first-order chi connectivity index (χ1) is 11.8. The molecule has 4 heterocycles. The lowest BCUT2D eigenvalue weighted by molar-refractivity contribution is 0.197. The molecule has 1 atom stereocenters. The van der Waals surface area contributed by atoms with Crippen molar-refractivity contribution in [3.8, 4) is 0 Å². The van der Waals surface area contributed by atoms with Gasteiger partial charge in [-0.2, -0.15) is 0 Å². The molecule has 0 fully saturated rings. The molecule has 1 aliphatic heterocycles. The van der Waals surface area contributed by atoms with E-state index >= 15 is 0 Å². The Balaban J connectivity index is 1.68. The molecule has 0 radical (unpaired) electrons. The average molecular weight is 320 g/mol. The average Bonchev–Trinajstić information content (AvgIpc) is 3.11. The Hall–Kier alpha value is -2.60. The number of hydrogen-bond acceptors (Lipinski definition) is 5. The van der Waals surface area contributed by atoms with Crippen molar-refractivity contribution in [3.05, 3.63) is 71.6 Å². The number of aryl methyl sites for hydroxylation is 1. The van der Waals surface area contributed by atoms with Crippen molar-refractivity contribution in [1.29, 1.82) is 0 Å². The number of imidazole rings is 1. The van der Waals surface area contributed by atoms with Gasteiger partial charge >= 0.3 is 0 Å². The van der Waals surface area contributed by atoms with E-state index in [1.165, 1.54) is 5.69 Å². The van der Waals surface area contributed by atoms with Crippen molar-refractivity contribution >= 4 is 0 Å². The number of pyridine rings is 1. The van der Waals surface area contributed by atoms with E-state index in [0.717, 1.165) is 48.7 Å². The summed E-state index contributed by atoms with van der Waals surface area (Å²) in [6, 6.07) is 6.20. The predicted octanol–water partition coefficient (Wildman–Crippen LogP) is 2.30. The zero-order chi connectivity index (χ0) is 16.4. The van der Waals surface area contributed by atoms with Crippen LogP contribution in [0.15, 0.2) is 43.1 Å². The fraction of sp³-hybridized carbons (Fsp3) is 0.333. The van der Waals surface area contributed by atoms with Gasteiger partial charge in [0, 0.05) is 50.2 Å². The van der Waals surface area contributed by atoms with Gasteiger partial charge in [0.05, 0.1) is 23.8 Å². The molecule has 0 bridgehead atoms. The summed E-state index contributed by atoms with van der Waals surface area (Å²) in [6.45, 7) is 3.82. The van der Waals surface area contributed by atoms with Gasteiger partial charge in [0.1, 0.15) is 5.82 Å². The van der Waals surface area contributed by atoms with Crippen LogP contribution < -0.4 is 0 Å². The van der Waals surface area contributed by atoms with E-state index in [0.29, 0.717) is 0 Å². The fourth-order valence-electron chi connectivity index (χ4n) is 3.31. The van der Waals surface area contributed by atoms with Crippen LogP contribution in [0.1, 0.15) is 41.4 Å². The number of aromatic nitrogens is 5. The van der Waals surface area contributed by atoms with E-state index in [4.69, 9.17) is 0 Å². The van der Waals surface area contributed by atoms with Gasteiger partial charge in [0.15, 0.2) is 0 Å². The highest BCUT2D eigenvalue weighted by molar-refractivity contribution is 5.31. The second kappa shape index (κ2) is 6.49. The zero-order valence-corrected chi connectivity index (χ0v) is 13.7. The number of aromatic amines is 1. The Morgan fingerprint density at radius 2 is 2.21 bits per heavy atom. The molecule has 0 aliphatic carbocycles. The SMILES string of the molecule is CCc1nccc(CN2CCc3[nH]cnc3[C@H]2c2cccnc2)n1. The van der Waals surface area contributed by atoms with Gasteiger partial charge in [-0.3, -0.25) is 9.88 Å². The van der Waals surface area contributed by atoms with Crippen molar-refractivity contribution in [2.24, 2.45) is 0 Å². The van der Waals surface area contributed by atoms with Crippen LogP contribution in [-0.4, -0.2) is 36.4 Å². The minimum Gasteiger partial charge on any atom is -0.348 e. The molecular weight excluding hydrogens is 300 g/mol. The minimum absolute atomic E-state index is 0.105. The van der Waals surface area contributed by atoms with Gasteiger partial charge in [0.25, 0.3) is 0 Å². The van der Waals surface area contributed by atoms with Crippen LogP contribution in [0.3, 0.4) is 0 Å². The molecule has 0 spiro atoms. The lowest BCUT2D eigenvalue weighted by Gasteiger charge is -2.34. The van der Waals surface area contributed by atoms with Crippen LogP contribution in [0.25, 0.3) is 0 Å². The first-order valence-electron chi connectivity index (χ1n) is 8.32. The summed E-state index contributed by atoms with van der Waals surface area (Å²) in [4.78, 5) is 23.5. The topological polar surface area (TPSA) is 70.6 Å². The lowest BCUT2D eigenvalue weighted by Crippen LogP contribution is -2.36. The summed E-state index contributed by atoms with van der Waals surface area (Å²) in [7, 11) is 0. The summed E-state index contributed by atoms with van der Waals surface area (Å²) in [6.07, 6.45) is 9.20. The van der Waals surface area contributed by atoms with Crippen LogP contribution in [0, 0.1) is 0 Å². The highest BCUT2D eigenvalue weighted by Gasteiger charge is 2.31. The first kappa shape index (κ1) is 15.0. The maximum Gasteiger partial charge on any atom is 0.128 e. The van der Waals surface area contributed by atoms with Crippen molar-refractivity contribution in [2.45, 2.75) is 32.4 Å². The van der Waals surface area contributed by atoms with E-state index < -0.39 is 0 Å². The Bertz CT molecular complexity index is 813. The third kappa shape index (κ3) is 2.80. The predicted molar refractivity (Wildman–Crippen MR) is 90.2 cm³/mol.